The summed E-state index contributed by atoms with van der Waals surface area (Å²) in [5.74, 6) is -0.261. The van der Waals surface area contributed by atoms with Crippen molar-refractivity contribution < 1.29 is 4.79 Å². The van der Waals surface area contributed by atoms with Crippen molar-refractivity contribution in [2.45, 2.75) is 39.7 Å². The number of aryl methyl sites for hydroxylation is 1. The Morgan fingerprint density at radius 1 is 1.43 bits per heavy atom. The Bertz CT molecular complexity index is 549. The Balaban J connectivity index is 3.18. The van der Waals surface area contributed by atoms with Crippen molar-refractivity contribution in [3.05, 3.63) is 27.7 Å². The van der Waals surface area contributed by atoms with Crippen molar-refractivity contribution in [3.63, 3.8) is 0 Å². The number of carbonyl (C=O) groups excluding carboxylic acids is 1. The molecule has 21 heavy (non-hydrogen) atoms. The van der Waals surface area contributed by atoms with Gasteiger partial charge in [0, 0.05) is 19.0 Å². The van der Waals surface area contributed by atoms with Crippen LogP contribution in [-0.4, -0.2) is 41.2 Å². The average Bonchev–Trinajstić information content (AvgIpc) is 2.34. The molecule has 1 heterocycles. The second kappa shape index (κ2) is 7.36. The second-order valence-electron chi connectivity index (χ2n) is 6.16. The molecule has 0 aromatic carbocycles. The summed E-state index contributed by atoms with van der Waals surface area (Å²) in [7, 11) is 3.96. The van der Waals surface area contributed by atoms with Crippen molar-refractivity contribution in [3.8, 4) is 0 Å². The number of hydrogen-bond donors (Lipinski definition) is 1. The van der Waals surface area contributed by atoms with Gasteiger partial charge in [-0.3, -0.25) is 9.59 Å². The predicted octanol–water partition coefficient (Wildman–Crippen LogP) is 0.728. The Hall–Kier alpha value is -1.69. The van der Waals surface area contributed by atoms with Gasteiger partial charge in [0.25, 0.3) is 5.56 Å². The molecule has 0 radical (unpaired) electrons. The van der Waals surface area contributed by atoms with E-state index in [1.54, 1.807) is 0 Å². The smallest absolute Gasteiger partial charge is 0.267 e. The summed E-state index contributed by atoms with van der Waals surface area (Å²) in [5, 5.41) is 4.40. The molecule has 0 aliphatic heterocycles. The molecule has 2 N–H and O–H groups in total. The summed E-state index contributed by atoms with van der Waals surface area (Å²) in [6, 6.07) is 0.852. The SMILES string of the molecule is Cc1cc(=O)n([C@@H](CC(C)C)C(N)=O)nc1CCN(C)C. The maximum Gasteiger partial charge on any atom is 0.267 e. The van der Waals surface area contributed by atoms with Crippen LogP contribution in [0.1, 0.15) is 37.6 Å². The number of rotatable bonds is 7. The molecule has 6 heteroatoms. The molecule has 0 aliphatic carbocycles. The molecular weight excluding hydrogens is 268 g/mol. The van der Waals surface area contributed by atoms with Gasteiger partial charge in [0.2, 0.25) is 5.91 Å². The van der Waals surface area contributed by atoms with Crippen LogP contribution in [0.25, 0.3) is 0 Å². The number of nitrogens with two attached hydrogens (primary N) is 1. The van der Waals surface area contributed by atoms with Crippen LogP contribution in [0, 0.1) is 12.8 Å². The van der Waals surface area contributed by atoms with Gasteiger partial charge in [-0.25, -0.2) is 4.68 Å². The monoisotopic (exact) mass is 294 g/mol. The highest BCUT2D eigenvalue weighted by molar-refractivity contribution is 5.78. The van der Waals surface area contributed by atoms with Gasteiger partial charge >= 0.3 is 0 Å². The minimum atomic E-state index is -0.684. The molecule has 1 amide bonds. The third-order valence-electron chi connectivity index (χ3n) is 3.36. The zero-order valence-electron chi connectivity index (χ0n) is 13.6. The van der Waals surface area contributed by atoms with Crippen LogP contribution in [0.2, 0.25) is 0 Å². The van der Waals surface area contributed by atoms with Gasteiger partial charge in [0.1, 0.15) is 6.04 Å². The molecule has 1 aromatic rings. The van der Waals surface area contributed by atoms with Crippen LogP contribution in [0.3, 0.4) is 0 Å². The van der Waals surface area contributed by atoms with E-state index in [2.05, 4.69) is 10.00 Å². The third-order valence-corrected chi connectivity index (χ3v) is 3.36. The Labute approximate surface area is 125 Å². The van der Waals surface area contributed by atoms with E-state index in [9.17, 15) is 9.59 Å². The molecule has 0 aliphatic rings. The predicted molar refractivity (Wildman–Crippen MR) is 83.2 cm³/mol. The maximum absolute atomic E-state index is 12.1. The number of nitrogens with zero attached hydrogens (tertiary/aromatic N) is 3. The zero-order valence-corrected chi connectivity index (χ0v) is 13.6. The topological polar surface area (TPSA) is 81.2 Å². The van der Waals surface area contributed by atoms with Gasteiger partial charge in [-0.15, -0.1) is 0 Å². The molecule has 0 spiro atoms. The summed E-state index contributed by atoms with van der Waals surface area (Å²) in [6.07, 6.45) is 1.24. The molecule has 0 saturated carbocycles. The quantitative estimate of drug-likeness (QED) is 0.804. The summed E-state index contributed by atoms with van der Waals surface area (Å²) in [6.45, 7) is 6.67. The molecular formula is C15H26N4O2. The molecule has 0 unspecified atom stereocenters. The van der Waals surface area contributed by atoms with Crippen LogP contribution in [0.4, 0.5) is 0 Å². The standard InChI is InChI=1S/C15H26N4O2/c1-10(2)8-13(15(16)21)19-14(20)9-11(3)12(17-19)6-7-18(4)5/h9-10,13H,6-8H2,1-5H3,(H2,16,21)/t13-/m0/s1. The van der Waals surface area contributed by atoms with E-state index in [-0.39, 0.29) is 11.5 Å². The number of hydrogen-bond acceptors (Lipinski definition) is 4. The summed E-state index contributed by atoms with van der Waals surface area (Å²) in [4.78, 5) is 25.9. The fourth-order valence-electron chi connectivity index (χ4n) is 2.18. The average molecular weight is 294 g/mol. The lowest BCUT2D eigenvalue weighted by Crippen LogP contribution is -2.37. The zero-order chi connectivity index (χ0) is 16.2. The first-order chi connectivity index (χ1) is 9.72. The van der Waals surface area contributed by atoms with Crippen LogP contribution in [0.15, 0.2) is 10.9 Å². The summed E-state index contributed by atoms with van der Waals surface area (Å²) in [5.41, 5.74) is 6.86. The van der Waals surface area contributed by atoms with E-state index in [1.165, 1.54) is 10.7 Å². The van der Waals surface area contributed by atoms with E-state index in [0.717, 1.165) is 24.2 Å². The third kappa shape index (κ3) is 4.97. The first-order valence-electron chi connectivity index (χ1n) is 7.25. The van der Waals surface area contributed by atoms with Crippen molar-refractivity contribution in [2.75, 3.05) is 20.6 Å². The lowest BCUT2D eigenvalue weighted by atomic mass is 10.0. The van der Waals surface area contributed by atoms with Crippen LogP contribution >= 0.6 is 0 Å². The van der Waals surface area contributed by atoms with E-state index < -0.39 is 11.9 Å². The Morgan fingerprint density at radius 3 is 2.52 bits per heavy atom. The second-order valence-corrected chi connectivity index (χ2v) is 6.16. The fraction of sp³-hybridized carbons (Fsp3) is 0.667. The van der Waals surface area contributed by atoms with Gasteiger partial charge < -0.3 is 10.6 Å². The van der Waals surface area contributed by atoms with Crippen molar-refractivity contribution in [1.29, 1.82) is 0 Å². The Kier molecular flexibility index (Phi) is 6.08. The van der Waals surface area contributed by atoms with Gasteiger partial charge in [-0.2, -0.15) is 5.10 Å². The van der Waals surface area contributed by atoms with Gasteiger partial charge in [0.05, 0.1) is 5.69 Å². The highest BCUT2D eigenvalue weighted by Crippen LogP contribution is 2.15. The molecule has 0 fully saturated rings. The highest BCUT2D eigenvalue weighted by atomic mass is 16.2. The molecule has 0 bridgehead atoms. The van der Waals surface area contributed by atoms with Crippen molar-refractivity contribution >= 4 is 5.91 Å². The first-order valence-corrected chi connectivity index (χ1v) is 7.25. The fourth-order valence-corrected chi connectivity index (χ4v) is 2.18. The molecule has 6 nitrogen and oxygen atoms in total. The summed E-state index contributed by atoms with van der Waals surface area (Å²) < 4.78 is 1.25. The van der Waals surface area contributed by atoms with Gasteiger partial charge in [-0.05, 0) is 38.9 Å². The summed E-state index contributed by atoms with van der Waals surface area (Å²) >= 11 is 0. The normalized spacial score (nSPS) is 12.9. The largest absolute Gasteiger partial charge is 0.368 e. The number of likely N-dealkylation sites (N-methyl/N-ethyl adjacent to an activating group) is 1. The lowest BCUT2D eigenvalue weighted by Gasteiger charge is -2.19. The molecule has 118 valence electrons. The van der Waals surface area contributed by atoms with Crippen molar-refractivity contribution in [2.24, 2.45) is 11.7 Å². The Morgan fingerprint density at radius 2 is 2.05 bits per heavy atom. The van der Waals surface area contributed by atoms with Crippen LogP contribution in [-0.2, 0) is 11.2 Å². The molecule has 0 saturated heterocycles. The van der Waals surface area contributed by atoms with E-state index in [1.807, 2.05) is 34.9 Å². The first kappa shape index (κ1) is 17.4. The molecule has 1 rings (SSSR count). The molecule has 1 atom stereocenters. The minimum absolute atomic E-state index is 0.253. The number of primary amides is 1. The van der Waals surface area contributed by atoms with Gasteiger partial charge in [0.15, 0.2) is 0 Å². The number of amides is 1. The van der Waals surface area contributed by atoms with E-state index >= 15 is 0 Å². The van der Waals surface area contributed by atoms with E-state index in [4.69, 9.17) is 5.73 Å². The highest BCUT2D eigenvalue weighted by Gasteiger charge is 2.22. The van der Waals surface area contributed by atoms with Crippen LogP contribution < -0.4 is 11.3 Å². The maximum atomic E-state index is 12.1. The number of aromatic nitrogens is 2. The lowest BCUT2D eigenvalue weighted by molar-refractivity contribution is -0.122. The number of carbonyl (C=O) groups is 1. The van der Waals surface area contributed by atoms with Gasteiger partial charge in [-0.1, -0.05) is 13.8 Å². The molecule has 1 aromatic heterocycles. The van der Waals surface area contributed by atoms with E-state index in [0.29, 0.717) is 6.42 Å². The van der Waals surface area contributed by atoms with Crippen molar-refractivity contribution in [1.82, 2.24) is 14.7 Å². The minimum Gasteiger partial charge on any atom is -0.368 e. The van der Waals surface area contributed by atoms with Crippen LogP contribution in [0.5, 0.6) is 0 Å².